The molecule has 1 unspecified atom stereocenters. The Morgan fingerprint density at radius 3 is 2.79 bits per heavy atom. The molecule has 80 valence electrons. The Morgan fingerprint density at radius 1 is 1.57 bits per heavy atom. The normalized spacial score (nSPS) is 13.1. The van der Waals surface area contributed by atoms with E-state index >= 15 is 0 Å². The van der Waals surface area contributed by atoms with Crippen LogP contribution in [0.3, 0.4) is 0 Å². The van der Waals surface area contributed by atoms with Crippen LogP contribution in [0.2, 0.25) is 0 Å². The lowest BCUT2D eigenvalue weighted by Crippen LogP contribution is -2.05. The van der Waals surface area contributed by atoms with Crippen molar-refractivity contribution in [2.75, 3.05) is 0 Å². The molecule has 1 aromatic heterocycles. The highest BCUT2D eigenvalue weighted by Gasteiger charge is 2.07. The van der Waals surface area contributed by atoms with E-state index in [4.69, 9.17) is 14.9 Å². The van der Waals surface area contributed by atoms with Crippen molar-refractivity contribution in [1.82, 2.24) is 0 Å². The van der Waals surface area contributed by atoms with Crippen LogP contribution >= 0.6 is 0 Å². The standard InChI is InChI=1S/C11H19NO2/c1-4-9(3)13-7-10-5-8(2)11(6-12)14-10/h5,9H,4,6-7,12H2,1-3H3. The fourth-order valence-corrected chi connectivity index (χ4v) is 1.21. The maximum atomic E-state index is 5.56. The van der Waals surface area contributed by atoms with Gasteiger partial charge in [0, 0.05) is 0 Å². The molecule has 0 aliphatic rings. The fraction of sp³-hybridized carbons (Fsp3) is 0.636. The van der Waals surface area contributed by atoms with Gasteiger partial charge in [0.05, 0.1) is 12.6 Å². The topological polar surface area (TPSA) is 48.4 Å². The Balaban J connectivity index is 2.51. The average molecular weight is 197 g/mol. The third-order valence-corrected chi connectivity index (χ3v) is 2.34. The summed E-state index contributed by atoms with van der Waals surface area (Å²) in [5, 5.41) is 0. The first-order valence-electron chi connectivity index (χ1n) is 5.07. The Labute approximate surface area is 85.2 Å². The summed E-state index contributed by atoms with van der Waals surface area (Å²) in [6, 6.07) is 1.99. The smallest absolute Gasteiger partial charge is 0.130 e. The van der Waals surface area contributed by atoms with Crippen LogP contribution in [0, 0.1) is 6.92 Å². The van der Waals surface area contributed by atoms with Crippen LogP contribution in [0.4, 0.5) is 0 Å². The number of furan rings is 1. The number of aryl methyl sites for hydroxylation is 1. The van der Waals surface area contributed by atoms with Gasteiger partial charge in [0.15, 0.2) is 0 Å². The third kappa shape index (κ3) is 2.86. The van der Waals surface area contributed by atoms with Gasteiger partial charge in [0.25, 0.3) is 0 Å². The third-order valence-electron chi connectivity index (χ3n) is 2.34. The van der Waals surface area contributed by atoms with E-state index in [0.29, 0.717) is 13.2 Å². The lowest BCUT2D eigenvalue weighted by Gasteiger charge is -2.08. The highest BCUT2D eigenvalue weighted by Crippen LogP contribution is 2.15. The molecule has 0 spiro atoms. The molecule has 0 aliphatic heterocycles. The maximum absolute atomic E-state index is 5.56. The monoisotopic (exact) mass is 197 g/mol. The summed E-state index contributed by atoms with van der Waals surface area (Å²) in [5.74, 6) is 1.72. The number of ether oxygens (including phenoxy) is 1. The molecule has 0 radical (unpaired) electrons. The zero-order valence-electron chi connectivity index (χ0n) is 9.17. The number of hydrogen-bond acceptors (Lipinski definition) is 3. The second kappa shape index (κ2) is 5.17. The quantitative estimate of drug-likeness (QED) is 0.788. The highest BCUT2D eigenvalue weighted by molar-refractivity contribution is 5.19. The van der Waals surface area contributed by atoms with Crippen LogP contribution in [0.25, 0.3) is 0 Å². The number of rotatable bonds is 5. The summed E-state index contributed by atoms with van der Waals surface area (Å²) in [7, 11) is 0. The first-order chi connectivity index (χ1) is 6.67. The minimum absolute atomic E-state index is 0.279. The van der Waals surface area contributed by atoms with Gasteiger partial charge in [-0.3, -0.25) is 0 Å². The zero-order valence-corrected chi connectivity index (χ0v) is 9.17. The molecule has 0 bridgehead atoms. The Kier molecular flexibility index (Phi) is 4.17. The molecular weight excluding hydrogens is 178 g/mol. The minimum atomic E-state index is 0.279. The van der Waals surface area contributed by atoms with Crippen LogP contribution in [-0.4, -0.2) is 6.10 Å². The van der Waals surface area contributed by atoms with Gasteiger partial charge in [-0.05, 0) is 31.9 Å². The van der Waals surface area contributed by atoms with E-state index in [0.717, 1.165) is 23.5 Å². The van der Waals surface area contributed by atoms with Gasteiger partial charge < -0.3 is 14.9 Å². The lowest BCUT2D eigenvalue weighted by molar-refractivity contribution is 0.0401. The summed E-state index contributed by atoms with van der Waals surface area (Å²) in [6.07, 6.45) is 1.30. The second-order valence-corrected chi connectivity index (χ2v) is 3.55. The molecule has 1 rings (SSSR count). The molecule has 0 saturated carbocycles. The molecule has 1 atom stereocenters. The Bertz CT molecular complexity index is 281. The average Bonchev–Trinajstić information content (AvgIpc) is 2.55. The van der Waals surface area contributed by atoms with Crippen molar-refractivity contribution >= 4 is 0 Å². The van der Waals surface area contributed by atoms with Crippen molar-refractivity contribution in [3.63, 3.8) is 0 Å². The van der Waals surface area contributed by atoms with E-state index in [1.165, 1.54) is 0 Å². The fourth-order valence-electron chi connectivity index (χ4n) is 1.21. The molecule has 2 N–H and O–H groups in total. The summed E-state index contributed by atoms with van der Waals surface area (Å²) in [5.41, 5.74) is 6.62. The molecule has 1 heterocycles. The molecule has 0 aromatic carbocycles. The van der Waals surface area contributed by atoms with Crippen molar-refractivity contribution in [3.8, 4) is 0 Å². The first-order valence-corrected chi connectivity index (χ1v) is 5.07. The molecule has 0 aliphatic carbocycles. The summed E-state index contributed by atoms with van der Waals surface area (Å²) in [6.45, 7) is 7.15. The van der Waals surface area contributed by atoms with Crippen molar-refractivity contribution in [2.24, 2.45) is 5.73 Å². The highest BCUT2D eigenvalue weighted by atomic mass is 16.5. The van der Waals surface area contributed by atoms with E-state index < -0.39 is 0 Å². The minimum Gasteiger partial charge on any atom is -0.462 e. The first kappa shape index (κ1) is 11.3. The molecule has 0 fully saturated rings. The second-order valence-electron chi connectivity index (χ2n) is 3.55. The Morgan fingerprint density at radius 2 is 2.29 bits per heavy atom. The molecule has 14 heavy (non-hydrogen) atoms. The van der Waals surface area contributed by atoms with Gasteiger partial charge in [-0.2, -0.15) is 0 Å². The number of nitrogens with two attached hydrogens (primary N) is 1. The summed E-state index contributed by atoms with van der Waals surface area (Å²) in [4.78, 5) is 0. The van der Waals surface area contributed by atoms with Gasteiger partial charge in [-0.15, -0.1) is 0 Å². The lowest BCUT2D eigenvalue weighted by atomic mass is 10.2. The SMILES string of the molecule is CCC(C)OCc1cc(C)c(CN)o1. The summed E-state index contributed by atoms with van der Waals surface area (Å²) >= 11 is 0. The van der Waals surface area contributed by atoms with Crippen LogP contribution in [0.15, 0.2) is 10.5 Å². The molecule has 0 amide bonds. The molecule has 1 aromatic rings. The maximum Gasteiger partial charge on any atom is 0.130 e. The molecular formula is C11H19NO2. The van der Waals surface area contributed by atoms with E-state index in [2.05, 4.69) is 13.8 Å². The predicted octanol–water partition coefficient (Wildman–Crippen LogP) is 2.36. The van der Waals surface area contributed by atoms with E-state index in [-0.39, 0.29) is 6.10 Å². The van der Waals surface area contributed by atoms with Crippen molar-refractivity contribution in [3.05, 3.63) is 23.2 Å². The molecule has 3 nitrogen and oxygen atoms in total. The molecule has 0 saturated heterocycles. The van der Waals surface area contributed by atoms with Crippen molar-refractivity contribution < 1.29 is 9.15 Å². The van der Waals surface area contributed by atoms with Crippen LogP contribution in [0.5, 0.6) is 0 Å². The van der Waals surface area contributed by atoms with E-state index in [1.807, 2.05) is 13.0 Å². The van der Waals surface area contributed by atoms with Crippen LogP contribution in [0.1, 0.15) is 37.4 Å². The van der Waals surface area contributed by atoms with Crippen molar-refractivity contribution in [2.45, 2.75) is 46.4 Å². The summed E-state index contributed by atoms with van der Waals surface area (Å²) < 4.78 is 11.1. The predicted molar refractivity (Wildman–Crippen MR) is 55.9 cm³/mol. The zero-order chi connectivity index (χ0) is 10.6. The van der Waals surface area contributed by atoms with Gasteiger partial charge in [-0.25, -0.2) is 0 Å². The largest absolute Gasteiger partial charge is 0.462 e. The van der Waals surface area contributed by atoms with Gasteiger partial charge in [-0.1, -0.05) is 6.92 Å². The number of hydrogen-bond donors (Lipinski definition) is 1. The van der Waals surface area contributed by atoms with Crippen LogP contribution < -0.4 is 5.73 Å². The van der Waals surface area contributed by atoms with Crippen LogP contribution in [-0.2, 0) is 17.9 Å². The van der Waals surface area contributed by atoms with E-state index in [1.54, 1.807) is 0 Å². The van der Waals surface area contributed by atoms with Gasteiger partial charge in [0.1, 0.15) is 18.1 Å². The van der Waals surface area contributed by atoms with Crippen molar-refractivity contribution in [1.29, 1.82) is 0 Å². The van der Waals surface area contributed by atoms with E-state index in [9.17, 15) is 0 Å². The van der Waals surface area contributed by atoms with Gasteiger partial charge >= 0.3 is 0 Å². The Hall–Kier alpha value is -0.800. The van der Waals surface area contributed by atoms with Gasteiger partial charge in [0.2, 0.25) is 0 Å². The molecule has 3 heteroatoms.